The van der Waals surface area contributed by atoms with Crippen molar-refractivity contribution < 1.29 is 43.0 Å². The van der Waals surface area contributed by atoms with E-state index >= 15 is 0 Å². The molecule has 0 unspecified atom stereocenters. The van der Waals surface area contributed by atoms with Crippen LogP contribution in [-0.2, 0) is 6.54 Å². The van der Waals surface area contributed by atoms with Crippen LogP contribution < -0.4 is 43.4 Å². The van der Waals surface area contributed by atoms with Crippen molar-refractivity contribution in [1.29, 1.82) is 0 Å². The number of pyridine rings is 1. The Morgan fingerprint density at radius 2 is 0.972 bits per heavy atom. The second kappa shape index (κ2) is 13.2. The van der Waals surface area contributed by atoms with E-state index in [-0.39, 0.29) is 34.0 Å². The Kier molecular flexibility index (Phi) is 10.9. The second-order valence-electron chi connectivity index (χ2n) is 10.2. The smallest absolute Gasteiger partial charge is 0.169 e. The maximum atomic E-state index is 2.31. The summed E-state index contributed by atoms with van der Waals surface area (Å²) >= 11 is 0. The standard InChI is InChI=1S/C31H37N3.2BrH/c1-25-7-13-29(14-8-25)33(30-15-9-26(2)10-16-30)31-17-11-27(12-18-31)28-19-22-32(23-20-28)21-6-24-34(3,4)5;;/h7-20,22-23H,6,21,24H2,1-5H3;2*1H/q+2;;/p-2. The summed E-state index contributed by atoms with van der Waals surface area (Å²) in [5.41, 5.74) is 8.49. The summed E-state index contributed by atoms with van der Waals surface area (Å²) in [5.74, 6) is 0. The van der Waals surface area contributed by atoms with Crippen LogP contribution in [0.25, 0.3) is 11.1 Å². The van der Waals surface area contributed by atoms with Crippen LogP contribution in [0.15, 0.2) is 97.3 Å². The quantitative estimate of drug-likeness (QED) is 0.212. The molecule has 0 aliphatic rings. The lowest BCUT2D eigenvalue weighted by Gasteiger charge is -2.26. The largest absolute Gasteiger partial charge is 1.00 e. The van der Waals surface area contributed by atoms with Gasteiger partial charge in [-0.25, -0.2) is 4.57 Å². The first-order chi connectivity index (χ1) is 16.3. The lowest BCUT2D eigenvalue weighted by atomic mass is 10.1. The molecule has 0 bridgehead atoms. The van der Waals surface area contributed by atoms with Gasteiger partial charge < -0.3 is 43.3 Å². The monoisotopic (exact) mass is 609 g/mol. The van der Waals surface area contributed by atoms with E-state index < -0.39 is 0 Å². The molecule has 1 heterocycles. The molecule has 0 N–H and O–H groups in total. The molecule has 0 spiro atoms. The molecule has 0 aliphatic carbocycles. The minimum absolute atomic E-state index is 0. The van der Waals surface area contributed by atoms with Crippen molar-refractivity contribution in [3.63, 3.8) is 0 Å². The van der Waals surface area contributed by atoms with Gasteiger partial charge in [0, 0.05) is 29.2 Å². The van der Waals surface area contributed by atoms with Gasteiger partial charge in [-0.1, -0.05) is 47.5 Å². The van der Waals surface area contributed by atoms with Crippen LogP contribution >= 0.6 is 0 Å². The van der Waals surface area contributed by atoms with Gasteiger partial charge in [0.1, 0.15) is 0 Å². The molecule has 0 saturated heterocycles. The summed E-state index contributed by atoms with van der Waals surface area (Å²) < 4.78 is 3.29. The molecule has 36 heavy (non-hydrogen) atoms. The van der Waals surface area contributed by atoms with Gasteiger partial charge in [-0.15, -0.1) is 0 Å². The fraction of sp³-hybridized carbons (Fsp3) is 0.258. The minimum atomic E-state index is 0. The third-order valence-electron chi connectivity index (χ3n) is 6.18. The van der Waals surface area contributed by atoms with E-state index in [4.69, 9.17) is 0 Å². The van der Waals surface area contributed by atoms with Crippen LogP contribution in [0.2, 0.25) is 0 Å². The first kappa shape index (κ1) is 29.8. The summed E-state index contributed by atoms with van der Waals surface area (Å²) in [7, 11) is 6.74. The second-order valence-corrected chi connectivity index (χ2v) is 10.2. The van der Waals surface area contributed by atoms with Gasteiger partial charge in [-0.2, -0.15) is 0 Å². The molecule has 3 nitrogen and oxygen atoms in total. The van der Waals surface area contributed by atoms with Crippen LogP contribution in [-0.4, -0.2) is 32.2 Å². The summed E-state index contributed by atoms with van der Waals surface area (Å²) in [5, 5.41) is 0. The van der Waals surface area contributed by atoms with Crippen LogP contribution in [0.5, 0.6) is 0 Å². The Morgan fingerprint density at radius 1 is 0.583 bits per heavy atom. The van der Waals surface area contributed by atoms with Crippen LogP contribution in [0, 0.1) is 13.8 Å². The van der Waals surface area contributed by atoms with E-state index in [1.807, 2.05) is 0 Å². The highest BCUT2D eigenvalue weighted by atomic mass is 79.9. The van der Waals surface area contributed by atoms with Crippen molar-refractivity contribution in [2.24, 2.45) is 0 Å². The van der Waals surface area contributed by atoms with E-state index in [9.17, 15) is 0 Å². The van der Waals surface area contributed by atoms with E-state index in [1.54, 1.807) is 0 Å². The maximum Gasteiger partial charge on any atom is 0.169 e. The number of aryl methyl sites for hydroxylation is 3. The number of hydrogen-bond donors (Lipinski definition) is 0. The number of anilines is 3. The molecule has 0 aliphatic heterocycles. The first-order valence-electron chi connectivity index (χ1n) is 12.1. The number of halogens is 2. The topological polar surface area (TPSA) is 7.12 Å². The number of quaternary nitrogens is 1. The molecule has 190 valence electrons. The Hall–Kier alpha value is -2.47. The van der Waals surface area contributed by atoms with Crippen LogP contribution in [0.4, 0.5) is 17.1 Å². The molecule has 0 atom stereocenters. The minimum Gasteiger partial charge on any atom is -1.00 e. The lowest BCUT2D eigenvalue weighted by Crippen LogP contribution is -3.00. The van der Waals surface area contributed by atoms with E-state index in [2.05, 4.69) is 142 Å². The van der Waals surface area contributed by atoms with Gasteiger partial charge in [0.15, 0.2) is 18.9 Å². The third-order valence-corrected chi connectivity index (χ3v) is 6.18. The molecule has 0 amide bonds. The maximum absolute atomic E-state index is 2.31. The van der Waals surface area contributed by atoms with Crippen LogP contribution in [0.3, 0.4) is 0 Å². The van der Waals surface area contributed by atoms with Crippen molar-refractivity contribution in [3.8, 4) is 11.1 Å². The highest BCUT2D eigenvalue weighted by Crippen LogP contribution is 2.35. The molecule has 0 saturated carbocycles. The Labute approximate surface area is 238 Å². The van der Waals surface area contributed by atoms with Crippen molar-refractivity contribution in [2.75, 3.05) is 32.6 Å². The van der Waals surface area contributed by atoms with Gasteiger partial charge in [-0.3, -0.25) is 0 Å². The molecular weight excluding hydrogens is 574 g/mol. The molecule has 0 radical (unpaired) electrons. The molecule has 3 aromatic carbocycles. The Balaban J connectivity index is 0.00000228. The third kappa shape index (κ3) is 8.02. The van der Waals surface area contributed by atoms with E-state index in [0.717, 1.165) is 28.1 Å². The van der Waals surface area contributed by atoms with E-state index in [1.165, 1.54) is 35.2 Å². The van der Waals surface area contributed by atoms with Gasteiger partial charge in [0.25, 0.3) is 0 Å². The fourth-order valence-electron chi connectivity index (χ4n) is 4.16. The lowest BCUT2D eigenvalue weighted by molar-refractivity contribution is -0.873. The number of nitrogens with zero attached hydrogens (tertiary/aromatic N) is 3. The number of hydrogen-bond acceptors (Lipinski definition) is 1. The zero-order chi connectivity index (χ0) is 24.1. The summed E-state index contributed by atoms with van der Waals surface area (Å²) in [6.07, 6.45) is 5.57. The molecular formula is C31H37Br2N3. The molecule has 4 rings (SSSR count). The average molecular weight is 611 g/mol. The fourth-order valence-corrected chi connectivity index (χ4v) is 4.16. The first-order valence-corrected chi connectivity index (χ1v) is 12.1. The SMILES string of the molecule is Cc1ccc(N(c2ccc(C)cc2)c2ccc(-c3cc[n+](CCC[N+](C)(C)C)cc3)cc2)cc1.[Br-].[Br-]. The van der Waals surface area contributed by atoms with Gasteiger partial charge in [0.05, 0.1) is 34.1 Å². The molecule has 0 fully saturated rings. The summed E-state index contributed by atoms with van der Waals surface area (Å²) in [4.78, 5) is 2.31. The van der Waals surface area contributed by atoms with Gasteiger partial charge in [0.2, 0.25) is 0 Å². The number of aromatic nitrogens is 1. The molecule has 5 heteroatoms. The summed E-state index contributed by atoms with van der Waals surface area (Å²) in [6.45, 7) is 6.48. The number of benzene rings is 3. The highest BCUT2D eigenvalue weighted by Gasteiger charge is 2.13. The van der Waals surface area contributed by atoms with Crippen molar-refractivity contribution in [3.05, 3.63) is 108 Å². The van der Waals surface area contributed by atoms with Crippen LogP contribution in [0.1, 0.15) is 17.5 Å². The predicted octanol–water partition coefficient (Wildman–Crippen LogP) is 0.832. The molecule has 1 aromatic heterocycles. The number of rotatable bonds is 8. The van der Waals surface area contributed by atoms with Gasteiger partial charge >= 0.3 is 0 Å². The predicted molar refractivity (Wildman–Crippen MR) is 144 cm³/mol. The van der Waals surface area contributed by atoms with Crippen molar-refractivity contribution in [2.45, 2.75) is 26.8 Å². The Morgan fingerprint density at radius 3 is 1.39 bits per heavy atom. The molecule has 4 aromatic rings. The zero-order valence-corrected chi connectivity index (χ0v) is 25.1. The Bertz CT molecular complexity index is 1150. The highest BCUT2D eigenvalue weighted by molar-refractivity contribution is 5.78. The van der Waals surface area contributed by atoms with Gasteiger partial charge in [-0.05, 0) is 61.4 Å². The van der Waals surface area contributed by atoms with E-state index in [0.29, 0.717) is 0 Å². The van der Waals surface area contributed by atoms with Crippen molar-refractivity contribution in [1.82, 2.24) is 0 Å². The normalized spacial score (nSPS) is 10.8. The summed E-state index contributed by atoms with van der Waals surface area (Å²) in [6, 6.07) is 30.8. The van der Waals surface area contributed by atoms with Crippen molar-refractivity contribution >= 4 is 17.1 Å². The average Bonchev–Trinajstić information content (AvgIpc) is 2.82. The zero-order valence-electron chi connectivity index (χ0n) is 22.0.